The van der Waals surface area contributed by atoms with Gasteiger partial charge < -0.3 is 15.4 Å². The molecule has 6 heteroatoms. The van der Waals surface area contributed by atoms with Crippen molar-refractivity contribution in [3.8, 4) is 0 Å². The average molecular weight is 500 g/mol. The van der Waals surface area contributed by atoms with E-state index in [1.807, 2.05) is 0 Å². The molecule has 1 aromatic rings. The standard InChI is InChI=1S/C22H36N4O.HI/c1-3-23-22(24-12-14-27-17-20-9-10-20)25-21-11-13-26(18(2)15-21)16-19-7-5-4-6-8-19;/h4-8,18,20-21H,3,9-17H2,1-2H3,(H2,23,24,25);1H. The summed E-state index contributed by atoms with van der Waals surface area (Å²) in [5.41, 5.74) is 1.40. The Hall–Kier alpha value is -0.860. The number of piperidine rings is 1. The highest BCUT2D eigenvalue weighted by Gasteiger charge is 2.26. The van der Waals surface area contributed by atoms with Crippen molar-refractivity contribution < 1.29 is 4.74 Å². The molecule has 0 radical (unpaired) electrons. The third kappa shape index (κ3) is 8.25. The van der Waals surface area contributed by atoms with Gasteiger partial charge in [0.15, 0.2) is 5.96 Å². The van der Waals surface area contributed by atoms with E-state index in [-0.39, 0.29) is 24.0 Å². The number of likely N-dealkylation sites (tertiary alicyclic amines) is 1. The molecule has 1 saturated heterocycles. The fourth-order valence-electron chi connectivity index (χ4n) is 3.67. The van der Waals surface area contributed by atoms with Gasteiger partial charge in [-0.05, 0) is 51.0 Å². The van der Waals surface area contributed by atoms with Gasteiger partial charge in [0.05, 0.1) is 13.2 Å². The Bertz CT molecular complexity index is 579. The van der Waals surface area contributed by atoms with Gasteiger partial charge in [0.1, 0.15) is 0 Å². The molecule has 2 fully saturated rings. The Morgan fingerprint density at radius 1 is 1.21 bits per heavy atom. The Balaban J connectivity index is 0.00000280. The summed E-state index contributed by atoms with van der Waals surface area (Å²) in [5, 5.41) is 7.02. The molecule has 5 nitrogen and oxygen atoms in total. The second-order valence-corrected chi connectivity index (χ2v) is 7.95. The molecule has 1 aliphatic heterocycles. The summed E-state index contributed by atoms with van der Waals surface area (Å²) in [7, 11) is 0. The van der Waals surface area contributed by atoms with Gasteiger partial charge in [-0.3, -0.25) is 9.89 Å². The van der Waals surface area contributed by atoms with Crippen LogP contribution in [0, 0.1) is 5.92 Å². The Morgan fingerprint density at radius 3 is 2.68 bits per heavy atom. The highest BCUT2D eigenvalue weighted by molar-refractivity contribution is 14.0. The quantitative estimate of drug-likeness (QED) is 0.235. The number of ether oxygens (including phenoxy) is 1. The zero-order valence-corrected chi connectivity index (χ0v) is 19.7. The number of nitrogens with zero attached hydrogens (tertiary/aromatic N) is 2. The van der Waals surface area contributed by atoms with Gasteiger partial charge in [0.2, 0.25) is 0 Å². The molecule has 2 aliphatic rings. The largest absolute Gasteiger partial charge is 0.379 e. The SMILES string of the molecule is CCNC(=NCCOCC1CC1)NC1CCN(Cc2ccccc2)C(C)C1.I. The lowest BCUT2D eigenvalue weighted by Gasteiger charge is -2.38. The number of rotatable bonds is 9. The number of hydrogen-bond donors (Lipinski definition) is 2. The maximum atomic E-state index is 5.69. The second-order valence-electron chi connectivity index (χ2n) is 7.95. The van der Waals surface area contributed by atoms with E-state index < -0.39 is 0 Å². The lowest BCUT2D eigenvalue weighted by molar-refractivity contribution is 0.130. The molecular formula is C22H37IN4O. The highest BCUT2D eigenvalue weighted by Crippen LogP contribution is 2.28. The molecule has 2 atom stereocenters. The van der Waals surface area contributed by atoms with Crippen molar-refractivity contribution in [3.05, 3.63) is 35.9 Å². The molecule has 1 saturated carbocycles. The number of aliphatic imine (C=N–C) groups is 1. The Morgan fingerprint density at radius 2 is 2.00 bits per heavy atom. The molecule has 2 N–H and O–H groups in total. The number of guanidine groups is 1. The fraction of sp³-hybridized carbons (Fsp3) is 0.682. The molecule has 28 heavy (non-hydrogen) atoms. The first-order chi connectivity index (χ1) is 13.2. The van der Waals surface area contributed by atoms with Crippen molar-refractivity contribution in [2.75, 3.05) is 32.8 Å². The van der Waals surface area contributed by atoms with Crippen LogP contribution in [0.15, 0.2) is 35.3 Å². The predicted molar refractivity (Wildman–Crippen MR) is 127 cm³/mol. The van der Waals surface area contributed by atoms with E-state index in [0.29, 0.717) is 12.1 Å². The van der Waals surface area contributed by atoms with Gasteiger partial charge >= 0.3 is 0 Å². The number of nitrogens with one attached hydrogen (secondary N) is 2. The molecule has 3 rings (SSSR count). The van der Waals surface area contributed by atoms with Gasteiger partial charge in [-0.2, -0.15) is 0 Å². The zero-order chi connectivity index (χ0) is 18.9. The summed E-state index contributed by atoms with van der Waals surface area (Å²) >= 11 is 0. The smallest absolute Gasteiger partial charge is 0.191 e. The lowest BCUT2D eigenvalue weighted by Crippen LogP contribution is -2.51. The van der Waals surface area contributed by atoms with Crippen molar-refractivity contribution in [2.24, 2.45) is 10.9 Å². The summed E-state index contributed by atoms with van der Waals surface area (Å²) in [6.07, 6.45) is 4.98. The number of benzene rings is 1. The minimum Gasteiger partial charge on any atom is -0.379 e. The molecule has 2 unspecified atom stereocenters. The molecule has 1 aliphatic carbocycles. The minimum atomic E-state index is 0. The molecule has 0 aromatic heterocycles. The molecule has 0 amide bonds. The molecule has 1 heterocycles. The third-order valence-corrected chi connectivity index (χ3v) is 5.48. The van der Waals surface area contributed by atoms with Crippen LogP contribution in [0.5, 0.6) is 0 Å². The van der Waals surface area contributed by atoms with E-state index in [1.54, 1.807) is 0 Å². The summed E-state index contributed by atoms with van der Waals surface area (Å²) in [6, 6.07) is 11.8. The van der Waals surface area contributed by atoms with E-state index in [4.69, 9.17) is 9.73 Å². The Labute approximate surface area is 187 Å². The molecule has 1 aromatic carbocycles. The van der Waals surface area contributed by atoms with E-state index in [1.165, 1.54) is 18.4 Å². The lowest BCUT2D eigenvalue weighted by atomic mass is 9.97. The first-order valence-corrected chi connectivity index (χ1v) is 10.6. The molecule has 0 spiro atoms. The third-order valence-electron chi connectivity index (χ3n) is 5.48. The van der Waals surface area contributed by atoms with Crippen LogP contribution in [0.2, 0.25) is 0 Å². The van der Waals surface area contributed by atoms with Crippen LogP contribution in [0.3, 0.4) is 0 Å². The highest BCUT2D eigenvalue weighted by atomic mass is 127. The summed E-state index contributed by atoms with van der Waals surface area (Å²) in [4.78, 5) is 7.28. The number of halogens is 1. The van der Waals surface area contributed by atoms with Crippen molar-refractivity contribution in [1.82, 2.24) is 15.5 Å². The van der Waals surface area contributed by atoms with Gasteiger partial charge in [-0.1, -0.05) is 30.3 Å². The molecule has 0 bridgehead atoms. The van der Waals surface area contributed by atoms with Crippen LogP contribution in [0.1, 0.15) is 45.1 Å². The number of hydrogen-bond acceptors (Lipinski definition) is 3. The molecule has 158 valence electrons. The monoisotopic (exact) mass is 500 g/mol. The van der Waals surface area contributed by atoms with Crippen molar-refractivity contribution in [1.29, 1.82) is 0 Å². The van der Waals surface area contributed by atoms with Gasteiger partial charge in [-0.25, -0.2) is 0 Å². The van der Waals surface area contributed by atoms with Crippen molar-refractivity contribution in [3.63, 3.8) is 0 Å². The summed E-state index contributed by atoms with van der Waals surface area (Å²) in [6.45, 7) is 9.87. The predicted octanol–water partition coefficient (Wildman–Crippen LogP) is 3.64. The maximum absolute atomic E-state index is 5.69. The zero-order valence-electron chi connectivity index (χ0n) is 17.4. The van der Waals surface area contributed by atoms with Crippen molar-refractivity contribution in [2.45, 2.75) is 58.2 Å². The second kappa shape index (κ2) is 12.6. The van der Waals surface area contributed by atoms with Crippen LogP contribution in [-0.4, -0.2) is 55.8 Å². The van der Waals surface area contributed by atoms with Gasteiger partial charge in [0.25, 0.3) is 0 Å². The van der Waals surface area contributed by atoms with Gasteiger partial charge in [0, 0.05) is 38.3 Å². The van der Waals surface area contributed by atoms with Crippen LogP contribution in [0.25, 0.3) is 0 Å². The van der Waals surface area contributed by atoms with Crippen molar-refractivity contribution >= 4 is 29.9 Å². The first kappa shape index (κ1) is 23.4. The minimum absolute atomic E-state index is 0. The normalized spacial score (nSPS) is 23.1. The summed E-state index contributed by atoms with van der Waals surface area (Å²) in [5.74, 6) is 1.75. The van der Waals surface area contributed by atoms with Crippen LogP contribution < -0.4 is 10.6 Å². The Kier molecular flexibility index (Phi) is 10.6. The fourth-order valence-corrected chi connectivity index (χ4v) is 3.67. The summed E-state index contributed by atoms with van der Waals surface area (Å²) < 4.78 is 5.69. The van der Waals surface area contributed by atoms with Crippen LogP contribution in [0.4, 0.5) is 0 Å². The first-order valence-electron chi connectivity index (χ1n) is 10.6. The van der Waals surface area contributed by atoms with E-state index in [9.17, 15) is 0 Å². The van der Waals surface area contributed by atoms with Gasteiger partial charge in [-0.15, -0.1) is 24.0 Å². The average Bonchev–Trinajstić information content (AvgIpc) is 3.49. The van der Waals surface area contributed by atoms with Crippen LogP contribution >= 0.6 is 24.0 Å². The topological polar surface area (TPSA) is 48.9 Å². The maximum Gasteiger partial charge on any atom is 0.191 e. The van der Waals surface area contributed by atoms with Crippen LogP contribution in [-0.2, 0) is 11.3 Å². The molecular weight excluding hydrogens is 463 g/mol. The van der Waals surface area contributed by atoms with E-state index in [2.05, 4.69) is 59.7 Å². The van der Waals surface area contributed by atoms with E-state index in [0.717, 1.165) is 64.1 Å². The van der Waals surface area contributed by atoms with E-state index >= 15 is 0 Å².